The number of imidazole rings is 1. The average molecular weight is 297 g/mol. The monoisotopic (exact) mass is 296 g/mol. The van der Waals surface area contributed by atoms with Crippen LogP contribution in [0.5, 0.6) is 0 Å². The van der Waals surface area contributed by atoms with E-state index < -0.39 is 0 Å². The summed E-state index contributed by atoms with van der Waals surface area (Å²) in [5.74, 6) is 1.56. The smallest absolute Gasteiger partial charge is 0.111 e. The minimum atomic E-state index is 0.00647. The number of benzene rings is 1. The lowest BCUT2D eigenvalue weighted by Gasteiger charge is -2.17. The number of halogens is 1. The van der Waals surface area contributed by atoms with Crippen molar-refractivity contribution in [3.8, 4) is 0 Å². The number of rotatable bonds is 7. The standard InChI is InChI=1S/C15H21ClN2O2/c1-11-5-4-6-13-15(11)17-14(7-8-16)18(13)9-12(20-3)10-19-2/h4-6,12H,7-10H2,1-3H3. The maximum Gasteiger partial charge on any atom is 0.111 e. The lowest BCUT2D eigenvalue weighted by Crippen LogP contribution is -2.24. The molecule has 0 amide bonds. The average Bonchev–Trinajstić information content (AvgIpc) is 2.78. The van der Waals surface area contributed by atoms with E-state index >= 15 is 0 Å². The van der Waals surface area contributed by atoms with Gasteiger partial charge < -0.3 is 14.0 Å². The van der Waals surface area contributed by atoms with Crippen molar-refractivity contribution in [3.05, 3.63) is 29.6 Å². The van der Waals surface area contributed by atoms with Crippen molar-refractivity contribution < 1.29 is 9.47 Å². The van der Waals surface area contributed by atoms with E-state index in [2.05, 4.69) is 29.7 Å². The number of ether oxygens (including phenoxy) is 2. The fourth-order valence-corrected chi connectivity index (χ4v) is 2.57. The zero-order valence-corrected chi connectivity index (χ0v) is 13.0. The normalized spacial score (nSPS) is 13.0. The van der Waals surface area contributed by atoms with Gasteiger partial charge in [-0.3, -0.25) is 0 Å². The first-order valence-corrected chi connectivity index (χ1v) is 7.27. The first-order chi connectivity index (χ1) is 9.71. The Morgan fingerprint density at radius 2 is 2.15 bits per heavy atom. The van der Waals surface area contributed by atoms with Crippen molar-refractivity contribution in [2.45, 2.75) is 26.0 Å². The summed E-state index contributed by atoms with van der Waals surface area (Å²) >= 11 is 5.90. The van der Waals surface area contributed by atoms with Gasteiger partial charge in [0.05, 0.1) is 30.3 Å². The van der Waals surface area contributed by atoms with E-state index in [0.717, 1.165) is 29.8 Å². The van der Waals surface area contributed by atoms with Crippen molar-refractivity contribution >= 4 is 22.6 Å². The number of fused-ring (bicyclic) bond motifs is 1. The predicted molar refractivity (Wildman–Crippen MR) is 81.6 cm³/mol. The van der Waals surface area contributed by atoms with Crippen molar-refractivity contribution in [1.82, 2.24) is 9.55 Å². The molecule has 0 aliphatic rings. The molecular weight excluding hydrogens is 276 g/mol. The van der Waals surface area contributed by atoms with Gasteiger partial charge in [0.1, 0.15) is 5.82 Å². The molecule has 0 aliphatic heterocycles. The van der Waals surface area contributed by atoms with Gasteiger partial charge in [-0.1, -0.05) is 12.1 Å². The largest absolute Gasteiger partial charge is 0.382 e. The molecule has 2 rings (SSSR count). The number of aryl methyl sites for hydroxylation is 2. The summed E-state index contributed by atoms with van der Waals surface area (Å²) in [4.78, 5) is 4.73. The Kier molecular flexibility index (Phi) is 5.40. The Bertz CT molecular complexity index is 568. The number of aromatic nitrogens is 2. The van der Waals surface area contributed by atoms with Gasteiger partial charge in [0, 0.05) is 26.5 Å². The molecule has 0 fully saturated rings. The SMILES string of the molecule is COCC(Cn1c(CCCl)nc2c(C)cccc21)OC. The minimum Gasteiger partial charge on any atom is -0.382 e. The van der Waals surface area contributed by atoms with Crippen LogP contribution in [0.3, 0.4) is 0 Å². The fourth-order valence-electron chi connectivity index (χ4n) is 2.40. The molecule has 0 radical (unpaired) electrons. The third-order valence-electron chi connectivity index (χ3n) is 3.45. The summed E-state index contributed by atoms with van der Waals surface area (Å²) in [7, 11) is 3.39. The van der Waals surface area contributed by atoms with Gasteiger partial charge in [-0.15, -0.1) is 11.6 Å². The van der Waals surface area contributed by atoms with E-state index in [1.165, 1.54) is 5.56 Å². The van der Waals surface area contributed by atoms with E-state index in [9.17, 15) is 0 Å². The molecule has 110 valence electrons. The van der Waals surface area contributed by atoms with Crippen LogP contribution in [0.15, 0.2) is 18.2 Å². The Labute approximate surface area is 124 Å². The van der Waals surface area contributed by atoms with Crippen LogP contribution >= 0.6 is 11.6 Å². The zero-order valence-electron chi connectivity index (χ0n) is 12.2. The fraction of sp³-hybridized carbons (Fsp3) is 0.533. The molecule has 4 nitrogen and oxygen atoms in total. The molecule has 0 bridgehead atoms. The molecule has 20 heavy (non-hydrogen) atoms. The molecule has 0 spiro atoms. The molecule has 0 saturated carbocycles. The summed E-state index contributed by atoms with van der Waals surface area (Å²) < 4.78 is 12.9. The highest BCUT2D eigenvalue weighted by molar-refractivity contribution is 6.17. The summed E-state index contributed by atoms with van der Waals surface area (Å²) in [6.45, 7) is 3.35. The number of hydrogen-bond acceptors (Lipinski definition) is 3. The van der Waals surface area contributed by atoms with Gasteiger partial charge in [0.15, 0.2) is 0 Å². The molecule has 1 unspecified atom stereocenters. The van der Waals surface area contributed by atoms with Gasteiger partial charge in [-0.05, 0) is 18.6 Å². The van der Waals surface area contributed by atoms with E-state index in [1.807, 2.05) is 0 Å². The van der Waals surface area contributed by atoms with Gasteiger partial charge in [0.25, 0.3) is 0 Å². The Morgan fingerprint density at radius 1 is 1.35 bits per heavy atom. The molecule has 1 atom stereocenters. The summed E-state index contributed by atoms with van der Waals surface area (Å²) in [5.41, 5.74) is 3.35. The van der Waals surface area contributed by atoms with Crippen molar-refractivity contribution in [3.63, 3.8) is 0 Å². The Hall–Kier alpha value is -1.10. The Morgan fingerprint density at radius 3 is 2.80 bits per heavy atom. The maximum atomic E-state index is 5.90. The molecule has 0 aliphatic carbocycles. The topological polar surface area (TPSA) is 36.3 Å². The van der Waals surface area contributed by atoms with E-state index in [-0.39, 0.29) is 6.10 Å². The van der Waals surface area contributed by atoms with Crippen molar-refractivity contribution in [2.24, 2.45) is 0 Å². The van der Waals surface area contributed by atoms with E-state index in [0.29, 0.717) is 12.5 Å². The maximum absolute atomic E-state index is 5.90. The molecule has 2 aromatic rings. The van der Waals surface area contributed by atoms with Crippen LogP contribution in [0.2, 0.25) is 0 Å². The van der Waals surface area contributed by atoms with Crippen LogP contribution < -0.4 is 0 Å². The highest BCUT2D eigenvalue weighted by Crippen LogP contribution is 2.21. The van der Waals surface area contributed by atoms with Gasteiger partial charge >= 0.3 is 0 Å². The predicted octanol–water partition coefficient (Wildman–Crippen LogP) is 2.79. The van der Waals surface area contributed by atoms with Crippen molar-refractivity contribution in [1.29, 1.82) is 0 Å². The quantitative estimate of drug-likeness (QED) is 0.737. The molecule has 1 aromatic carbocycles. The number of methoxy groups -OCH3 is 2. The van der Waals surface area contributed by atoms with Crippen LogP contribution in [0.4, 0.5) is 0 Å². The molecule has 0 N–H and O–H groups in total. The molecular formula is C15H21ClN2O2. The highest BCUT2D eigenvalue weighted by Gasteiger charge is 2.16. The molecule has 0 saturated heterocycles. The third kappa shape index (κ3) is 3.14. The van der Waals surface area contributed by atoms with Crippen LogP contribution in [0.25, 0.3) is 11.0 Å². The minimum absolute atomic E-state index is 0.00647. The number of alkyl halides is 1. The van der Waals surface area contributed by atoms with E-state index in [4.69, 9.17) is 26.1 Å². The number of nitrogens with zero attached hydrogens (tertiary/aromatic N) is 2. The summed E-state index contributed by atoms with van der Waals surface area (Å²) in [5, 5.41) is 0. The summed E-state index contributed by atoms with van der Waals surface area (Å²) in [6, 6.07) is 6.22. The van der Waals surface area contributed by atoms with Gasteiger partial charge in [0.2, 0.25) is 0 Å². The van der Waals surface area contributed by atoms with Crippen LogP contribution in [0, 0.1) is 6.92 Å². The first-order valence-electron chi connectivity index (χ1n) is 6.73. The molecule has 1 aromatic heterocycles. The molecule has 5 heteroatoms. The lowest BCUT2D eigenvalue weighted by atomic mass is 10.2. The third-order valence-corrected chi connectivity index (χ3v) is 3.64. The Balaban J connectivity index is 2.42. The second-order valence-corrected chi connectivity index (χ2v) is 5.21. The van der Waals surface area contributed by atoms with Gasteiger partial charge in [-0.25, -0.2) is 4.98 Å². The zero-order chi connectivity index (χ0) is 14.5. The number of para-hydroxylation sites is 1. The number of hydrogen-bond donors (Lipinski definition) is 0. The van der Waals surface area contributed by atoms with Crippen LogP contribution in [-0.2, 0) is 22.4 Å². The van der Waals surface area contributed by atoms with E-state index in [1.54, 1.807) is 14.2 Å². The van der Waals surface area contributed by atoms with Crippen LogP contribution in [-0.4, -0.2) is 42.4 Å². The first kappa shape index (κ1) is 15.3. The highest BCUT2D eigenvalue weighted by atomic mass is 35.5. The van der Waals surface area contributed by atoms with Crippen molar-refractivity contribution in [2.75, 3.05) is 26.7 Å². The second-order valence-electron chi connectivity index (χ2n) is 4.83. The molecule has 1 heterocycles. The van der Waals surface area contributed by atoms with Crippen LogP contribution in [0.1, 0.15) is 11.4 Å². The van der Waals surface area contributed by atoms with Gasteiger partial charge in [-0.2, -0.15) is 0 Å². The second kappa shape index (κ2) is 7.07. The lowest BCUT2D eigenvalue weighted by molar-refractivity contribution is 0.0186. The summed E-state index contributed by atoms with van der Waals surface area (Å²) in [6.07, 6.45) is 0.756.